The van der Waals surface area contributed by atoms with Crippen LogP contribution in [0.25, 0.3) is 0 Å². The second-order valence-corrected chi connectivity index (χ2v) is 4.80. The van der Waals surface area contributed by atoms with Gasteiger partial charge in [-0.25, -0.2) is 8.78 Å². The van der Waals surface area contributed by atoms with Crippen molar-refractivity contribution >= 4 is 23.4 Å². The Kier molecular flexibility index (Phi) is 7.07. The minimum absolute atomic E-state index is 0.0466. The Morgan fingerprint density at radius 1 is 1.04 bits per heavy atom. The number of benzene rings is 1. The maximum atomic E-state index is 13.0. The number of nitrogens with one attached hydrogen (secondary N) is 3. The Morgan fingerprint density at radius 3 is 2.30 bits per heavy atom. The number of hydrogen-bond acceptors (Lipinski definition) is 4. The molecule has 0 unspecified atom stereocenters. The van der Waals surface area contributed by atoms with Gasteiger partial charge in [-0.15, -0.1) is 0 Å². The molecule has 0 fully saturated rings. The zero-order chi connectivity index (χ0) is 17.4. The summed E-state index contributed by atoms with van der Waals surface area (Å²) in [5, 5.41) is 7.10. The van der Waals surface area contributed by atoms with E-state index in [0.29, 0.717) is 0 Å². The number of nitrogens with zero attached hydrogens (tertiary/aromatic N) is 1. The third-order valence-corrected chi connectivity index (χ3v) is 2.76. The average molecular weight is 328 g/mol. The average Bonchev–Trinajstić information content (AvgIpc) is 2.48. The summed E-state index contributed by atoms with van der Waals surface area (Å²) < 4.78 is 25.7. The van der Waals surface area contributed by atoms with Crippen LogP contribution in [0.1, 0.15) is 0 Å². The Morgan fingerprint density at radius 2 is 1.70 bits per heavy atom. The second-order valence-electron chi connectivity index (χ2n) is 4.80. The largest absolute Gasteiger partial charge is 0.358 e. The molecule has 3 amide bonds. The first-order valence-electron chi connectivity index (χ1n) is 6.72. The fourth-order valence-electron chi connectivity index (χ4n) is 1.64. The molecule has 3 N–H and O–H groups in total. The van der Waals surface area contributed by atoms with Crippen molar-refractivity contribution in [2.45, 2.75) is 0 Å². The van der Waals surface area contributed by atoms with E-state index in [1.165, 1.54) is 18.0 Å². The summed E-state index contributed by atoms with van der Waals surface area (Å²) >= 11 is 0. The minimum Gasteiger partial charge on any atom is -0.358 e. The van der Waals surface area contributed by atoms with E-state index in [-0.39, 0.29) is 31.2 Å². The number of hydrogen-bond donors (Lipinski definition) is 3. The van der Waals surface area contributed by atoms with Crippen molar-refractivity contribution in [3.05, 3.63) is 29.8 Å². The molecular weight excluding hydrogens is 310 g/mol. The highest BCUT2D eigenvalue weighted by atomic mass is 19.2. The summed E-state index contributed by atoms with van der Waals surface area (Å²) in [7, 11) is 3.06. The number of halogens is 2. The number of carbonyl (C=O) groups excluding carboxylic acids is 3. The Labute approximate surface area is 132 Å². The predicted octanol–water partition coefficient (Wildman–Crippen LogP) is -0.303. The van der Waals surface area contributed by atoms with E-state index in [0.717, 1.165) is 12.1 Å². The molecule has 1 aromatic carbocycles. The standard InChI is InChI=1S/C14H18F2N4O3/c1-17-13(22)7-20(2)8-14(23)18-6-12(21)19-9-3-4-10(15)11(16)5-9/h3-5H,6-8H2,1-2H3,(H,17,22)(H,18,23)(H,19,21). The molecule has 9 heteroatoms. The van der Waals surface area contributed by atoms with E-state index in [1.807, 2.05) is 0 Å². The van der Waals surface area contributed by atoms with Crippen LogP contribution in [0.15, 0.2) is 18.2 Å². The quantitative estimate of drug-likeness (QED) is 0.641. The normalized spacial score (nSPS) is 10.3. The topological polar surface area (TPSA) is 90.5 Å². The molecular formula is C14H18F2N4O3. The molecule has 7 nitrogen and oxygen atoms in total. The van der Waals surface area contributed by atoms with Crippen molar-refractivity contribution in [2.75, 3.05) is 39.0 Å². The highest BCUT2D eigenvalue weighted by Crippen LogP contribution is 2.12. The van der Waals surface area contributed by atoms with Crippen molar-refractivity contribution in [3.63, 3.8) is 0 Å². The van der Waals surface area contributed by atoms with Crippen molar-refractivity contribution in [3.8, 4) is 0 Å². The van der Waals surface area contributed by atoms with Gasteiger partial charge < -0.3 is 16.0 Å². The smallest absolute Gasteiger partial charge is 0.243 e. The van der Waals surface area contributed by atoms with Crippen LogP contribution in [0.5, 0.6) is 0 Å². The summed E-state index contributed by atoms with van der Waals surface area (Å²) in [6.45, 7) is -0.345. The molecule has 0 atom stereocenters. The van der Waals surface area contributed by atoms with Crippen LogP contribution in [0, 0.1) is 11.6 Å². The maximum Gasteiger partial charge on any atom is 0.243 e. The highest BCUT2D eigenvalue weighted by Gasteiger charge is 2.11. The molecule has 1 rings (SSSR count). The first kappa shape index (κ1) is 18.5. The zero-order valence-corrected chi connectivity index (χ0v) is 12.8. The van der Waals surface area contributed by atoms with Crippen LogP contribution in [-0.4, -0.2) is 56.4 Å². The van der Waals surface area contributed by atoms with Crippen LogP contribution < -0.4 is 16.0 Å². The second kappa shape index (κ2) is 8.79. The number of amides is 3. The monoisotopic (exact) mass is 328 g/mol. The lowest BCUT2D eigenvalue weighted by molar-refractivity contribution is -0.126. The van der Waals surface area contributed by atoms with Gasteiger partial charge in [0.25, 0.3) is 0 Å². The molecule has 0 bridgehead atoms. The Hall–Kier alpha value is -2.55. The van der Waals surface area contributed by atoms with Crippen LogP contribution in [0.3, 0.4) is 0 Å². The Balaban J connectivity index is 2.36. The van der Waals surface area contributed by atoms with E-state index < -0.39 is 23.4 Å². The predicted molar refractivity (Wildman–Crippen MR) is 79.6 cm³/mol. The molecule has 0 heterocycles. The molecule has 126 valence electrons. The van der Waals surface area contributed by atoms with Crippen molar-refractivity contribution < 1.29 is 23.2 Å². The van der Waals surface area contributed by atoms with Crippen molar-refractivity contribution in [1.82, 2.24) is 15.5 Å². The lowest BCUT2D eigenvalue weighted by atomic mass is 10.3. The van der Waals surface area contributed by atoms with Crippen molar-refractivity contribution in [1.29, 1.82) is 0 Å². The molecule has 0 saturated carbocycles. The third kappa shape index (κ3) is 6.83. The van der Waals surface area contributed by atoms with Crippen molar-refractivity contribution in [2.24, 2.45) is 0 Å². The van der Waals surface area contributed by atoms with Gasteiger partial charge in [0.2, 0.25) is 17.7 Å². The van der Waals surface area contributed by atoms with Crippen LogP contribution in [0.4, 0.5) is 14.5 Å². The van der Waals surface area contributed by atoms with Crippen LogP contribution >= 0.6 is 0 Å². The molecule has 0 spiro atoms. The van der Waals surface area contributed by atoms with E-state index in [4.69, 9.17) is 0 Å². The van der Waals surface area contributed by atoms with E-state index >= 15 is 0 Å². The molecule has 0 saturated heterocycles. The van der Waals surface area contributed by atoms with Gasteiger partial charge in [-0.05, 0) is 19.2 Å². The summed E-state index contributed by atoms with van der Waals surface area (Å²) in [5.74, 6) is -3.37. The minimum atomic E-state index is -1.08. The number of anilines is 1. The van der Waals surface area contributed by atoms with Gasteiger partial charge in [0, 0.05) is 18.8 Å². The molecule has 0 radical (unpaired) electrons. The number of carbonyl (C=O) groups is 3. The van der Waals surface area contributed by atoms with E-state index in [9.17, 15) is 23.2 Å². The van der Waals surface area contributed by atoms with Gasteiger partial charge in [-0.2, -0.15) is 0 Å². The first-order valence-corrected chi connectivity index (χ1v) is 6.72. The summed E-state index contributed by atoms with van der Waals surface area (Å²) in [4.78, 5) is 35.8. The summed E-state index contributed by atoms with van der Waals surface area (Å²) in [5.41, 5.74) is 0.0832. The molecule has 0 aliphatic rings. The Bertz CT molecular complexity index is 595. The maximum absolute atomic E-state index is 13.0. The lowest BCUT2D eigenvalue weighted by Gasteiger charge is -2.15. The van der Waals surface area contributed by atoms with Gasteiger partial charge in [-0.1, -0.05) is 0 Å². The summed E-state index contributed by atoms with van der Waals surface area (Å²) in [6.07, 6.45) is 0. The van der Waals surface area contributed by atoms with Gasteiger partial charge in [0.1, 0.15) is 0 Å². The molecule has 0 aliphatic carbocycles. The molecule has 1 aromatic rings. The molecule has 0 aromatic heterocycles. The van der Waals surface area contributed by atoms with Crippen LogP contribution in [0.2, 0.25) is 0 Å². The summed E-state index contributed by atoms with van der Waals surface area (Å²) in [6, 6.07) is 2.93. The van der Waals surface area contributed by atoms with Gasteiger partial charge in [0.15, 0.2) is 11.6 Å². The van der Waals surface area contributed by atoms with Gasteiger partial charge >= 0.3 is 0 Å². The zero-order valence-electron chi connectivity index (χ0n) is 12.8. The number of likely N-dealkylation sites (N-methyl/N-ethyl adjacent to an activating group) is 2. The SMILES string of the molecule is CNC(=O)CN(C)CC(=O)NCC(=O)Nc1ccc(F)c(F)c1. The van der Waals surface area contributed by atoms with Gasteiger partial charge in [-0.3, -0.25) is 19.3 Å². The third-order valence-electron chi connectivity index (χ3n) is 2.76. The highest BCUT2D eigenvalue weighted by molar-refractivity contribution is 5.94. The number of rotatable bonds is 7. The van der Waals surface area contributed by atoms with E-state index in [2.05, 4.69) is 16.0 Å². The van der Waals surface area contributed by atoms with Crippen LogP contribution in [-0.2, 0) is 14.4 Å². The fraction of sp³-hybridized carbons (Fsp3) is 0.357. The fourth-order valence-corrected chi connectivity index (χ4v) is 1.64. The lowest BCUT2D eigenvalue weighted by Crippen LogP contribution is -2.42. The van der Waals surface area contributed by atoms with Gasteiger partial charge in [0.05, 0.1) is 19.6 Å². The molecule has 23 heavy (non-hydrogen) atoms. The first-order chi connectivity index (χ1) is 10.8. The molecule has 0 aliphatic heterocycles. The van der Waals surface area contributed by atoms with E-state index in [1.54, 1.807) is 7.05 Å².